The van der Waals surface area contributed by atoms with E-state index in [1.165, 1.54) is 16.5 Å². The molecule has 1 saturated heterocycles. The van der Waals surface area contributed by atoms with Crippen LogP contribution in [0.15, 0.2) is 54.6 Å². The van der Waals surface area contributed by atoms with Crippen LogP contribution in [-0.2, 0) is 4.79 Å². The molecule has 0 aromatic heterocycles. The minimum atomic E-state index is -0.752. The molecule has 3 rings (SSSR count). The van der Waals surface area contributed by atoms with Crippen molar-refractivity contribution in [1.29, 1.82) is 0 Å². The summed E-state index contributed by atoms with van der Waals surface area (Å²) in [6.45, 7) is 4.84. The lowest BCUT2D eigenvalue weighted by Gasteiger charge is -2.28. The van der Waals surface area contributed by atoms with Crippen molar-refractivity contribution in [3.8, 4) is 0 Å². The molecule has 0 radical (unpaired) electrons. The average molecular weight is 373 g/mol. The summed E-state index contributed by atoms with van der Waals surface area (Å²) in [5.41, 5.74) is 0.829. The number of hydrogen-bond acceptors (Lipinski definition) is 1. The summed E-state index contributed by atoms with van der Waals surface area (Å²) in [6, 6.07) is 13.7. The van der Waals surface area contributed by atoms with Gasteiger partial charge in [0.15, 0.2) is 6.54 Å². The zero-order chi connectivity index (χ0) is 19.1. The van der Waals surface area contributed by atoms with Crippen LogP contribution in [0.2, 0.25) is 0 Å². The SMILES string of the molecule is O=C(C[NH+]1CC[NH+](C/C=C/c2ccccc2)CC1)Nc1c(F)cccc1F. The molecule has 2 aromatic carbocycles. The van der Waals surface area contributed by atoms with Crippen LogP contribution in [0.25, 0.3) is 6.08 Å². The lowest BCUT2D eigenvalue weighted by atomic mass is 10.2. The van der Waals surface area contributed by atoms with E-state index in [4.69, 9.17) is 0 Å². The Morgan fingerprint density at radius 1 is 0.926 bits per heavy atom. The van der Waals surface area contributed by atoms with Gasteiger partial charge in [-0.05, 0) is 23.8 Å². The highest BCUT2D eigenvalue weighted by Gasteiger charge is 2.24. The molecule has 1 fully saturated rings. The first-order chi connectivity index (χ1) is 13.1. The largest absolute Gasteiger partial charge is 0.322 e. The molecule has 1 aliphatic rings. The molecule has 0 atom stereocenters. The molecule has 0 aliphatic carbocycles. The van der Waals surface area contributed by atoms with E-state index in [1.54, 1.807) is 0 Å². The molecule has 27 heavy (non-hydrogen) atoms. The van der Waals surface area contributed by atoms with Crippen LogP contribution in [0, 0.1) is 11.6 Å². The topological polar surface area (TPSA) is 38.0 Å². The summed E-state index contributed by atoms with van der Waals surface area (Å²) in [5, 5.41) is 2.36. The Hall–Kier alpha value is -2.57. The number of rotatable bonds is 6. The maximum Gasteiger partial charge on any atom is 0.279 e. The Kier molecular flexibility index (Phi) is 6.68. The normalized spacial score (nSPS) is 19.9. The monoisotopic (exact) mass is 373 g/mol. The Balaban J connectivity index is 1.41. The number of piperazine rings is 1. The third-order valence-corrected chi connectivity index (χ3v) is 4.82. The Morgan fingerprint density at radius 2 is 1.56 bits per heavy atom. The number of anilines is 1. The van der Waals surface area contributed by atoms with Crippen LogP contribution in [0.1, 0.15) is 5.56 Å². The lowest BCUT2D eigenvalue weighted by Crippen LogP contribution is -3.28. The van der Waals surface area contributed by atoms with E-state index in [2.05, 4.69) is 29.6 Å². The summed E-state index contributed by atoms with van der Waals surface area (Å²) in [4.78, 5) is 14.7. The number of hydrogen-bond donors (Lipinski definition) is 3. The van der Waals surface area contributed by atoms with Crippen molar-refractivity contribution >= 4 is 17.7 Å². The van der Waals surface area contributed by atoms with E-state index in [1.807, 2.05) is 18.2 Å². The molecule has 2 aromatic rings. The molecular formula is C21H25F2N3O+2. The molecule has 1 amide bonds. The van der Waals surface area contributed by atoms with Gasteiger partial charge in [0.2, 0.25) is 0 Å². The van der Waals surface area contributed by atoms with Gasteiger partial charge < -0.3 is 15.1 Å². The van der Waals surface area contributed by atoms with Gasteiger partial charge in [0.05, 0.1) is 6.54 Å². The Labute approximate surface area is 158 Å². The van der Waals surface area contributed by atoms with Crippen LogP contribution in [0.4, 0.5) is 14.5 Å². The first-order valence-corrected chi connectivity index (χ1v) is 9.24. The van der Waals surface area contributed by atoms with Gasteiger partial charge in [-0.15, -0.1) is 0 Å². The van der Waals surface area contributed by atoms with Crippen molar-refractivity contribution in [1.82, 2.24) is 0 Å². The predicted octanol–water partition coefficient (Wildman–Crippen LogP) is 0.400. The van der Waals surface area contributed by atoms with Gasteiger partial charge in [0.25, 0.3) is 5.91 Å². The summed E-state index contributed by atoms with van der Waals surface area (Å²) in [7, 11) is 0. The van der Waals surface area contributed by atoms with E-state index in [0.717, 1.165) is 49.8 Å². The Morgan fingerprint density at radius 3 is 2.22 bits per heavy atom. The van der Waals surface area contributed by atoms with Crippen LogP contribution < -0.4 is 15.1 Å². The van der Waals surface area contributed by atoms with Crippen molar-refractivity contribution in [3.63, 3.8) is 0 Å². The minimum Gasteiger partial charge on any atom is -0.322 e. The van der Waals surface area contributed by atoms with Gasteiger partial charge in [-0.25, -0.2) is 8.78 Å². The number of amides is 1. The summed E-state index contributed by atoms with van der Waals surface area (Å²) >= 11 is 0. The second-order valence-corrected chi connectivity index (χ2v) is 6.84. The molecule has 142 valence electrons. The number of carbonyl (C=O) groups is 1. The van der Waals surface area contributed by atoms with Crippen LogP contribution in [0.5, 0.6) is 0 Å². The van der Waals surface area contributed by atoms with Crippen LogP contribution in [0.3, 0.4) is 0 Å². The smallest absolute Gasteiger partial charge is 0.279 e. The number of nitrogens with one attached hydrogen (secondary N) is 3. The zero-order valence-electron chi connectivity index (χ0n) is 15.2. The third-order valence-electron chi connectivity index (χ3n) is 4.82. The molecule has 0 bridgehead atoms. The van der Waals surface area contributed by atoms with E-state index in [0.29, 0.717) is 0 Å². The maximum absolute atomic E-state index is 13.6. The minimum absolute atomic E-state index is 0.223. The zero-order valence-corrected chi connectivity index (χ0v) is 15.2. The van der Waals surface area contributed by atoms with Crippen molar-refractivity contribution < 1.29 is 23.4 Å². The molecule has 0 unspecified atom stereocenters. The highest BCUT2D eigenvalue weighted by Crippen LogP contribution is 2.17. The fraction of sp³-hybridized carbons (Fsp3) is 0.286. The van der Waals surface area contributed by atoms with Crippen LogP contribution >= 0.6 is 0 Å². The van der Waals surface area contributed by atoms with E-state index < -0.39 is 11.6 Å². The fourth-order valence-electron chi connectivity index (χ4n) is 3.29. The molecule has 1 aliphatic heterocycles. The number of quaternary nitrogens is 2. The molecule has 1 heterocycles. The maximum atomic E-state index is 13.6. The van der Waals surface area contributed by atoms with E-state index in [9.17, 15) is 13.6 Å². The quantitative estimate of drug-likeness (QED) is 0.674. The van der Waals surface area contributed by atoms with E-state index in [-0.39, 0.29) is 18.1 Å². The molecular weight excluding hydrogens is 348 g/mol. The average Bonchev–Trinajstić information content (AvgIpc) is 2.67. The standard InChI is InChI=1S/C21H23F2N3O/c22-18-9-4-10-19(23)21(18)24-20(27)16-26-14-12-25(13-15-26)11-5-8-17-6-2-1-3-7-17/h1-10H,11-16H2,(H,24,27)/p+2/b8-5+. The van der Waals surface area contributed by atoms with Gasteiger partial charge in [0, 0.05) is 0 Å². The second kappa shape index (κ2) is 9.39. The van der Waals surface area contributed by atoms with Crippen molar-refractivity contribution in [2.75, 3.05) is 44.6 Å². The molecule has 0 spiro atoms. The number of para-hydroxylation sites is 1. The number of benzene rings is 2. The first-order valence-electron chi connectivity index (χ1n) is 9.24. The molecule has 6 heteroatoms. The van der Waals surface area contributed by atoms with Gasteiger partial charge in [-0.2, -0.15) is 0 Å². The number of carbonyl (C=O) groups excluding carboxylic acids is 1. The Bertz CT molecular complexity index is 767. The lowest BCUT2D eigenvalue weighted by molar-refractivity contribution is -1.01. The fourth-order valence-corrected chi connectivity index (χ4v) is 3.29. The van der Waals surface area contributed by atoms with Gasteiger partial charge >= 0.3 is 0 Å². The van der Waals surface area contributed by atoms with Gasteiger partial charge in [-0.1, -0.05) is 42.5 Å². The second-order valence-electron chi connectivity index (χ2n) is 6.84. The number of halogens is 2. The summed E-state index contributed by atoms with van der Waals surface area (Å²) < 4.78 is 27.2. The summed E-state index contributed by atoms with van der Waals surface area (Å²) in [5.74, 6) is -1.86. The van der Waals surface area contributed by atoms with E-state index >= 15 is 0 Å². The molecule has 0 saturated carbocycles. The van der Waals surface area contributed by atoms with Gasteiger partial charge in [0.1, 0.15) is 43.5 Å². The highest BCUT2D eigenvalue weighted by molar-refractivity contribution is 5.91. The van der Waals surface area contributed by atoms with Crippen molar-refractivity contribution in [2.45, 2.75) is 0 Å². The van der Waals surface area contributed by atoms with Crippen molar-refractivity contribution in [2.24, 2.45) is 0 Å². The third kappa shape index (κ3) is 5.70. The molecule has 4 nitrogen and oxygen atoms in total. The summed E-state index contributed by atoms with van der Waals surface area (Å²) in [6.07, 6.45) is 4.31. The van der Waals surface area contributed by atoms with Gasteiger partial charge in [-0.3, -0.25) is 4.79 Å². The molecule has 3 N–H and O–H groups in total. The highest BCUT2D eigenvalue weighted by atomic mass is 19.1. The van der Waals surface area contributed by atoms with Crippen molar-refractivity contribution in [3.05, 3.63) is 71.8 Å². The first kappa shape index (κ1) is 19.2. The predicted molar refractivity (Wildman–Crippen MR) is 102 cm³/mol. The van der Waals surface area contributed by atoms with Crippen LogP contribution in [-0.4, -0.2) is 45.2 Å².